The van der Waals surface area contributed by atoms with Gasteiger partial charge in [-0.25, -0.2) is 4.79 Å². The molecule has 3 rings (SSSR count). The van der Waals surface area contributed by atoms with Gasteiger partial charge >= 0.3 is 6.03 Å². The van der Waals surface area contributed by atoms with Crippen LogP contribution in [-0.4, -0.2) is 97.8 Å². The van der Waals surface area contributed by atoms with Gasteiger partial charge in [0.05, 0.1) is 18.3 Å². The quantitative estimate of drug-likeness (QED) is 0.527. The number of piperidine rings is 1. The van der Waals surface area contributed by atoms with Crippen molar-refractivity contribution in [1.29, 1.82) is 0 Å². The van der Waals surface area contributed by atoms with Crippen molar-refractivity contribution in [3.63, 3.8) is 0 Å². The number of likely N-dealkylation sites (tertiary alicyclic amines) is 1. The summed E-state index contributed by atoms with van der Waals surface area (Å²) in [6.45, 7) is 2.91. The van der Waals surface area contributed by atoms with Crippen LogP contribution in [0, 0.1) is 0 Å². The molecule has 1 heterocycles. The minimum absolute atomic E-state index is 0.0197. The van der Waals surface area contributed by atoms with Gasteiger partial charge in [0.15, 0.2) is 0 Å². The third-order valence-electron chi connectivity index (χ3n) is 6.08. The number of aliphatic hydroxyl groups is 1. The molecule has 0 spiro atoms. The summed E-state index contributed by atoms with van der Waals surface area (Å²) in [5, 5.41) is 16.5. The van der Waals surface area contributed by atoms with Crippen LogP contribution in [0.1, 0.15) is 12.8 Å². The smallest absolute Gasteiger partial charge is 0.319 e. The molecule has 0 radical (unpaired) electrons. The number of anilines is 1. The summed E-state index contributed by atoms with van der Waals surface area (Å²) in [6, 6.07) is 17.7. The first-order valence-electron chi connectivity index (χ1n) is 11.8. The number of aliphatic hydroxyl groups excluding tert-OH is 1. The molecule has 2 aromatic rings. The van der Waals surface area contributed by atoms with Gasteiger partial charge < -0.3 is 25.5 Å². The molecule has 0 saturated carbocycles. The molecule has 1 aliphatic heterocycles. The molecule has 0 aliphatic carbocycles. The lowest BCUT2D eigenvalue weighted by molar-refractivity contribution is -0.129. The van der Waals surface area contributed by atoms with Gasteiger partial charge in [0, 0.05) is 51.9 Å². The number of carbonyl (C=O) groups is 2. The number of rotatable bonds is 9. The van der Waals surface area contributed by atoms with Gasteiger partial charge in [-0.2, -0.15) is 0 Å². The van der Waals surface area contributed by atoms with Crippen LogP contribution in [0.15, 0.2) is 54.6 Å². The van der Waals surface area contributed by atoms with Crippen LogP contribution in [0.2, 0.25) is 0 Å². The van der Waals surface area contributed by atoms with Gasteiger partial charge in [0.2, 0.25) is 5.91 Å². The van der Waals surface area contributed by atoms with Crippen LogP contribution in [0.5, 0.6) is 0 Å². The number of urea groups is 1. The molecule has 8 nitrogen and oxygen atoms in total. The Labute approximate surface area is 202 Å². The van der Waals surface area contributed by atoms with E-state index in [-0.39, 0.29) is 18.0 Å². The second-order valence-electron chi connectivity index (χ2n) is 9.22. The molecule has 0 bridgehead atoms. The maximum Gasteiger partial charge on any atom is 0.319 e. The van der Waals surface area contributed by atoms with Crippen LogP contribution < -0.4 is 10.6 Å². The number of hydrogen-bond acceptors (Lipinski definition) is 5. The lowest BCUT2D eigenvalue weighted by atomic mass is 10.0. The molecule has 1 saturated heterocycles. The second kappa shape index (κ2) is 12.5. The number of amides is 3. The maximum absolute atomic E-state index is 12.7. The number of benzene rings is 2. The maximum atomic E-state index is 12.7. The van der Waals surface area contributed by atoms with E-state index in [1.54, 1.807) is 19.0 Å². The predicted octanol–water partition coefficient (Wildman–Crippen LogP) is 2.32. The first-order valence-corrected chi connectivity index (χ1v) is 11.8. The van der Waals surface area contributed by atoms with Crippen LogP contribution in [0.4, 0.5) is 10.5 Å². The highest BCUT2D eigenvalue weighted by molar-refractivity contribution is 5.94. The van der Waals surface area contributed by atoms with Crippen molar-refractivity contribution >= 4 is 17.6 Å². The van der Waals surface area contributed by atoms with Crippen LogP contribution in [0.25, 0.3) is 11.1 Å². The van der Waals surface area contributed by atoms with Gasteiger partial charge in [-0.1, -0.05) is 48.5 Å². The average molecular weight is 468 g/mol. The summed E-state index contributed by atoms with van der Waals surface area (Å²) in [4.78, 5) is 30.1. The van der Waals surface area contributed by atoms with Crippen molar-refractivity contribution in [3.05, 3.63) is 54.6 Å². The number of carbonyl (C=O) groups excluding carboxylic acids is 2. The highest BCUT2D eigenvalue weighted by Crippen LogP contribution is 2.27. The average Bonchev–Trinajstić information content (AvgIpc) is 2.81. The Kier molecular flexibility index (Phi) is 9.44. The molecule has 8 heteroatoms. The third-order valence-corrected chi connectivity index (χ3v) is 6.08. The highest BCUT2D eigenvalue weighted by atomic mass is 16.3. The molecule has 1 unspecified atom stereocenters. The minimum Gasteiger partial charge on any atom is -0.390 e. The Bertz CT molecular complexity index is 929. The molecular weight excluding hydrogens is 430 g/mol. The molecule has 34 heavy (non-hydrogen) atoms. The molecule has 0 aromatic heterocycles. The fraction of sp³-hybridized carbons (Fsp3) is 0.462. The van der Waals surface area contributed by atoms with Crippen molar-refractivity contribution in [2.45, 2.75) is 25.0 Å². The number of para-hydroxylation sites is 1. The second-order valence-corrected chi connectivity index (χ2v) is 9.22. The van der Waals surface area contributed by atoms with E-state index in [0.29, 0.717) is 19.6 Å². The normalized spacial score (nSPS) is 15.7. The standard InChI is InChI=1S/C26H37N5O3/c1-29(2)25(33)19-30(3)17-22(32)18-31-15-13-21(14-16-31)27-26(34)28-24-12-8-7-11-23(24)20-9-5-4-6-10-20/h4-12,21-22,32H,13-19H2,1-3H3,(H2,27,28,34). The molecule has 3 amide bonds. The Morgan fingerprint density at radius 1 is 1.03 bits per heavy atom. The fourth-order valence-corrected chi connectivity index (χ4v) is 4.22. The van der Waals surface area contributed by atoms with E-state index in [0.717, 1.165) is 42.7 Å². The van der Waals surface area contributed by atoms with Gasteiger partial charge in [0.1, 0.15) is 0 Å². The number of nitrogens with one attached hydrogen (secondary N) is 2. The van der Waals surface area contributed by atoms with E-state index in [4.69, 9.17) is 0 Å². The van der Waals surface area contributed by atoms with Crippen LogP contribution >= 0.6 is 0 Å². The topological polar surface area (TPSA) is 88.2 Å². The summed E-state index contributed by atoms with van der Waals surface area (Å²) in [5.74, 6) is 0.0197. The molecule has 2 aromatic carbocycles. The minimum atomic E-state index is -0.526. The van der Waals surface area contributed by atoms with E-state index in [9.17, 15) is 14.7 Å². The molecule has 184 valence electrons. The number of hydrogen-bond donors (Lipinski definition) is 3. The van der Waals surface area contributed by atoms with E-state index in [1.807, 2.05) is 66.5 Å². The number of likely N-dealkylation sites (N-methyl/N-ethyl adjacent to an activating group) is 2. The first kappa shape index (κ1) is 25.7. The Balaban J connectivity index is 1.42. The van der Waals surface area contributed by atoms with Gasteiger partial charge in [-0.3, -0.25) is 9.69 Å². The van der Waals surface area contributed by atoms with Gasteiger partial charge in [-0.05, 0) is 31.5 Å². The van der Waals surface area contributed by atoms with E-state index in [1.165, 1.54) is 0 Å². The zero-order chi connectivity index (χ0) is 24.5. The van der Waals surface area contributed by atoms with Gasteiger partial charge in [0.25, 0.3) is 0 Å². The van der Waals surface area contributed by atoms with Gasteiger partial charge in [-0.15, -0.1) is 0 Å². The zero-order valence-corrected chi connectivity index (χ0v) is 20.4. The van der Waals surface area contributed by atoms with Crippen molar-refractivity contribution in [2.24, 2.45) is 0 Å². The van der Waals surface area contributed by atoms with Crippen LogP contribution in [0.3, 0.4) is 0 Å². The summed E-state index contributed by atoms with van der Waals surface area (Å²) >= 11 is 0. The van der Waals surface area contributed by atoms with Crippen molar-refractivity contribution < 1.29 is 14.7 Å². The Hall–Kier alpha value is -2.94. The van der Waals surface area contributed by atoms with E-state index < -0.39 is 6.10 Å². The molecule has 1 fully saturated rings. The van der Waals surface area contributed by atoms with Crippen molar-refractivity contribution in [2.75, 3.05) is 59.2 Å². The summed E-state index contributed by atoms with van der Waals surface area (Å²) in [5.41, 5.74) is 2.82. The van der Waals surface area contributed by atoms with Crippen LogP contribution in [-0.2, 0) is 4.79 Å². The predicted molar refractivity (Wildman–Crippen MR) is 136 cm³/mol. The zero-order valence-electron chi connectivity index (χ0n) is 20.4. The van der Waals surface area contributed by atoms with E-state index >= 15 is 0 Å². The largest absolute Gasteiger partial charge is 0.390 e. The van der Waals surface area contributed by atoms with Crippen molar-refractivity contribution in [1.82, 2.24) is 20.0 Å². The van der Waals surface area contributed by atoms with Crippen molar-refractivity contribution in [3.8, 4) is 11.1 Å². The highest BCUT2D eigenvalue weighted by Gasteiger charge is 2.23. The SMILES string of the molecule is CN(CC(=O)N(C)C)CC(O)CN1CCC(NC(=O)Nc2ccccc2-c2ccccc2)CC1. The summed E-state index contributed by atoms with van der Waals surface area (Å²) < 4.78 is 0. The summed E-state index contributed by atoms with van der Waals surface area (Å²) in [7, 11) is 5.30. The molecule has 1 aliphatic rings. The Morgan fingerprint density at radius 3 is 2.35 bits per heavy atom. The molecule has 3 N–H and O–H groups in total. The van der Waals surface area contributed by atoms with E-state index in [2.05, 4.69) is 15.5 Å². The molecular formula is C26H37N5O3. The summed E-state index contributed by atoms with van der Waals surface area (Å²) in [6.07, 6.45) is 1.13. The first-order chi connectivity index (χ1) is 16.3. The number of nitrogens with zero attached hydrogens (tertiary/aromatic N) is 3. The lowest BCUT2D eigenvalue weighted by Crippen LogP contribution is -2.49. The fourth-order valence-electron chi connectivity index (χ4n) is 4.22. The lowest BCUT2D eigenvalue weighted by Gasteiger charge is -2.34. The number of β-amino-alcohol motifs (C(OH)–C–C–N with tert-alkyl or cyclic N) is 1. The molecule has 1 atom stereocenters. The third kappa shape index (κ3) is 7.83. The monoisotopic (exact) mass is 467 g/mol. The Morgan fingerprint density at radius 2 is 1.68 bits per heavy atom.